The summed E-state index contributed by atoms with van der Waals surface area (Å²) >= 11 is 0. The Morgan fingerprint density at radius 1 is 1.05 bits per heavy atom. The van der Waals surface area contributed by atoms with E-state index in [4.69, 9.17) is 5.73 Å². The smallest absolute Gasteiger partial charge is 0.221 e. The maximum absolute atomic E-state index is 10.9. The van der Waals surface area contributed by atoms with Gasteiger partial charge in [-0.05, 0) is 24.3 Å². The van der Waals surface area contributed by atoms with Crippen LogP contribution in [0.1, 0.15) is 12.5 Å². The SMILES string of the molecule is CC(=O)Nc1ccc(N=C(N)c2ccccc2)cc1. The Balaban J connectivity index is 2.17. The van der Waals surface area contributed by atoms with Crippen LogP contribution >= 0.6 is 0 Å². The molecule has 0 spiro atoms. The number of amides is 1. The van der Waals surface area contributed by atoms with Crippen molar-refractivity contribution in [3.8, 4) is 0 Å². The van der Waals surface area contributed by atoms with E-state index in [1.807, 2.05) is 30.3 Å². The number of aliphatic imine (C=N–C) groups is 1. The van der Waals surface area contributed by atoms with Crippen LogP contribution in [0.5, 0.6) is 0 Å². The van der Waals surface area contributed by atoms with Crippen LogP contribution in [0.3, 0.4) is 0 Å². The fourth-order valence-electron chi connectivity index (χ4n) is 1.64. The van der Waals surface area contributed by atoms with Gasteiger partial charge >= 0.3 is 0 Å². The lowest BCUT2D eigenvalue weighted by molar-refractivity contribution is -0.114. The monoisotopic (exact) mass is 253 g/mol. The van der Waals surface area contributed by atoms with Crippen LogP contribution in [0, 0.1) is 0 Å². The molecule has 2 rings (SSSR count). The van der Waals surface area contributed by atoms with E-state index in [-0.39, 0.29) is 5.91 Å². The Hall–Kier alpha value is -2.62. The minimum Gasteiger partial charge on any atom is -0.383 e. The second kappa shape index (κ2) is 5.82. The Morgan fingerprint density at radius 3 is 2.26 bits per heavy atom. The third-order valence-corrected chi connectivity index (χ3v) is 2.51. The van der Waals surface area contributed by atoms with Crippen molar-refractivity contribution in [2.75, 3.05) is 5.32 Å². The Kier molecular flexibility index (Phi) is 3.93. The van der Waals surface area contributed by atoms with Gasteiger partial charge in [0.2, 0.25) is 5.91 Å². The first-order valence-electron chi connectivity index (χ1n) is 5.92. The summed E-state index contributed by atoms with van der Waals surface area (Å²) in [4.78, 5) is 15.2. The van der Waals surface area contributed by atoms with Crippen molar-refractivity contribution in [2.45, 2.75) is 6.92 Å². The fraction of sp³-hybridized carbons (Fsp3) is 0.0667. The number of nitrogens with zero attached hydrogens (tertiary/aromatic N) is 1. The van der Waals surface area contributed by atoms with Gasteiger partial charge in [-0.2, -0.15) is 0 Å². The van der Waals surface area contributed by atoms with Crippen molar-refractivity contribution < 1.29 is 4.79 Å². The minimum atomic E-state index is -0.0972. The van der Waals surface area contributed by atoms with E-state index in [0.29, 0.717) is 5.84 Å². The molecule has 0 atom stereocenters. The molecule has 0 fully saturated rings. The van der Waals surface area contributed by atoms with Gasteiger partial charge in [-0.25, -0.2) is 4.99 Å². The fourth-order valence-corrected chi connectivity index (χ4v) is 1.64. The summed E-state index contributed by atoms with van der Waals surface area (Å²) in [5, 5.41) is 2.70. The lowest BCUT2D eigenvalue weighted by atomic mass is 10.2. The summed E-state index contributed by atoms with van der Waals surface area (Å²) in [7, 11) is 0. The molecule has 0 aliphatic rings. The van der Waals surface area contributed by atoms with Crippen LogP contribution in [0.4, 0.5) is 11.4 Å². The lowest BCUT2D eigenvalue weighted by Gasteiger charge is -2.03. The van der Waals surface area contributed by atoms with E-state index in [9.17, 15) is 4.79 Å². The predicted octanol–water partition coefficient (Wildman–Crippen LogP) is 2.68. The van der Waals surface area contributed by atoms with Gasteiger partial charge in [0.1, 0.15) is 5.84 Å². The van der Waals surface area contributed by atoms with Gasteiger partial charge in [0.05, 0.1) is 5.69 Å². The second-order valence-corrected chi connectivity index (χ2v) is 4.09. The molecule has 0 aliphatic heterocycles. The number of nitrogens with two attached hydrogens (primary N) is 1. The third kappa shape index (κ3) is 3.67. The average molecular weight is 253 g/mol. The van der Waals surface area contributed by atoms with Crippen LogP contribution in [0.2, 0.25) is 0 Å². The van der Waals surface area contributed by atoms with Crippen molar-refractivity contribution >= 4 is 23.1 Å². The van der Waals surface area contributed by atoms with Gasteiger partial charge in [-0.1, -0.05) is 30.3 Å². The zero-order valence-corrected chi connectivity index (χ0v) is 10.6. The van der Waals surface area contributed by atoms with Crippen LogP contribution in [0.25, 0.3) is 0 Å². The standard InChI is InChI=1S/C15H15N3O/c1-11(19)17-13-7-9-14(10-8-13)18-15(16)12-5-3-2-4-6-12/h2-10H,1H3,(H2,16,18)(H,17,19). The van der Waals surface area contributed by atoms with E-state index < -0.39 is 0 Å². The van der Waals surface area contributed by atoms with Crippen molar-refractivity contribution in [3.05, 3.63) is 60.2 Å². The van der Waals surface area contributed by atoms with E-state index >= 15 is 0 Å². The number of hydrogen-bond acceptors (Lipinski definition) is 2. The van der Waals surface area contributed by atoms with Gasteiger partial charge in [-0.3, -0.25) is 4.79 Å². The molecule has 0 aromatic heterocycles. The molecule has 0 radical (unpaired) electrons. The molecular weight excluding hydrogens is 238 g/mol. The highest BCUT2D eigenvalue weighted by Gasteiger charge is 1.99. The van der Waals surface area contributed by atoms with E-state index in [1.165, 1.54) is 6.92 Å². The van der Waals surface area contributed by atoms with Crippen molar-refractivity contribution in [2.24, 2.45) is 10.7 Å². The molecular formula is C15H15N3O. The summed E-state index contributed by atoms with van der Waals surface area (Å²) in [6, 6.07) is 16.8. The molecule has 0 saturated heterocycles. The highest BCUT2D eigenvalue weighted by molar-refractivity contribution is 5.99. The zero-order chi connectivity index (χ0) is 13.7. The number of nitrogens with one attached hydrogen (secondary N) is 1. The first-order valence-corrected chi connectivity index (χ1v) is 5.92. The molecule has 19 heavy (non-hydrogen) atoms. The number of anilines is 1. The Labute approximate surface area is 112 Å². The largest absolute Gasteiger partial charge is 0.383 e. The number of carbonyl (C=O) groups is 1. The number of amidine groups is 1. The molecule has 0 saturated carbocycles. The molecule has 0 unspecified atom stereocenters. The molecule has 0 heterocycles. The number of benzene rings is 2. The van der Waals surface area contributed by atoms with Gasteiger partial charge in [0.15, 0.2) is 0 Å². The highest BCUT2D eigenvalue weighted by Crippen LogP contribution is 2.17. The van der Waals surface area contributed by atoms with Crippen LogP contribution in [0.15, 0.2) is 59.6 Å². The van der Waals surface area contributed by atoms with Crippen LogP contribution in [-0.4, -0.2) is 11.7 Å². The van der Waals surface area contributed by atoms with Crippen LogP contribution in [-0.2, 0) is 4.79 Å². The molecule has 3 N–H and O–H groups in total. The molecule has 4 nitrogen and oxygen atoms in total. The number of hydrogen-bond donors (Lipinski definition) is 2. The average Bonchev–Trinajstić information content (AvgIpc) is 2.41. The summed E-state index contributed by atoms with van der Waals surface area (Å²) in [5.74, 6) is 0.368. The van der Waals surface area contributed by atoms with E-state index in [0.717, 1.165) is 16.9 Å². The molecule has 96 valence electrons. The first kappa shape index (κ1) is 12.8. The van der Waals surface area contributed by atoms with Crippen LogP contribution < -0.4 is 11.1 Å². The van der Waals surface area contributed by atoms with E-state index in [2.05, 4.69) is 10.3 Å². The van der Waals surface area contributed by atoms with Gasteiger partial charge in [-0.15, -0.1) is 0 Å². The Bertz CT molecular complexity index is 589. The number of carbonyl (C=O) groups excluding carboxylic acids is 1. The summed E-state index contributed by atoms with van der Waals surface area (Å²) in [6.45, 7) is 1.47. The quantitative estimate of drug-likeness (QED) is 0.652. The summed E-state index contributed by atoms with van der Waals surface area (Å²) < 4.78 is 0. The first-order chi connectivity index (χ1) is 9.15. The summed E-state index contributed by atoms with van der Waals surface area (Å²) in [6.07, 6.45) is 0. The highest BCUT2D eigenvalue weighted by atomic mass is 16.1. The molecule has 2 aromatic carbocycles. The maximum atomic E-state index is 10.9. The van der Waals surface area contributed by atoms with Crippen molar-refractivity contribution in [3.63, 3.8) is 0 Å². The maximum Gasteiger partial charge on any atom is 0.221 e. The molecule has 4 heteroatoms. The topological polar surface area (TPSA) is 67.5 Å². The third-order valence-electron chi connectivity index (χ3n) is 2.51. The van der Waals surface area contributed by atoms with Crippen molar-refractivity contribution in [1.82, 2.24) is 0 Å². The van der Waals surface area contributed by atoms with Crippen molar-refractivity contribution in [1.29, 1.82) is 0 Å². The zero-order valence-electron chi connectivity index (χ0n) is 10.6. The Morgan fingerprint density at radius 2 is 1.68 bits per heavy atom. The lowest BCUT2D eigenvalue weighted by Crippen LogP contribution is -2.12. The number of rotatable bonds is 3. The predicted molar refractivity (Wildman–Crippen MR) is 77.6 cm³/mol. The summed E-state index contributed by atoms with van der Waals surface area (Å²) in [5.41, 5.74) is 8.30. The molecule has 0 aliphatic carbocycles. The van der Waals surface area contributed by atoms with E-state index in [1.54, 1.807) is 24.3 Å². The molecule has 1 amide bonds. The second-order valence-electron chi connectivity index (χ2n) is 4.09. The van der Waals surface area contributed by atoms with Gasteiger partial charge in [0.25, 0.3) is 0 Å². The van der Waals surface area contributed by atoms with Gasteiger partial charge in [0, 0.05) is 18.2 Å². The van der Waals surface area contributed by atoms with Gasteiger partial charge < -0.3 is 11.1 Å². The minimum absolute atomic E-state index is 0.0972. The molecule has 2 aromatic rings. The normalized spacial score (nSPS) is 11.1. The molecule has 0 bridgehead atoms.